The highest BCUT2D eigenvalue weighted by Gasteiger charge is 2.32. The zero-order valence-corrected chi connectivity index (χ0v) is 13.3. The Morgan fingerprint density at radius 3 is 2.65 bits per heavy atom. The number of aryl methyl sites for hydroxylation is 1. The Kier molecular flexibility index (Phi) is 4.25. The van der Waals surface area contributed by atoms with Gasteiger partial charge in [-0.1, -0.05) is 0 Å². The first-order valence-corrected chi connectivity index (χ1v) is 8.20. The van der Waals surface area contributed by atoms with Gasteiger partial charge in [-0.25, -0.2) is 0 Å². The van der Waals surface area contributed by atoms with Crippen LogP contribution >= 0.6 is 0 Å². The Morgan fingerprint density at radius 2 is 2.05 bits per heavy atom. The number of rotatable bonds is 4. The predicted octanol–water partition coefficient (Wildman–Crippen LogP) is 2.03. The molecular weight excluding hydrogens is 276 g/mol. The highest BCUT2D eigenvalue weighted by Crippen LogP contribution is 2.33. The molecule has 112 valence electrons. The van der Waals surface area contributed by atoms with E-state index in [4.69, 9.17) is 4.74 Å². The van der Waals surface area contributed by atoms with Gasteiger partial charge >= 0.3 is 10.2 Å². The molecule has 0 saturated carbocycles. The van der Waals surface area contributed by atoms with Crippen molar-refractivity contribution in [2.45, 2.75) is 32.7 Å². The van der Waals surface area contributed by atoms with E-state index in [1.165, 1.54) is 8.61 Å². The normalized spacial score (nSPS) is 15.6. The summed E-state index contributed by atoms with van der Waals surface area (Å²) >= 11 is 0. The van der Waals surface area contributed by atoms with Crippen molar-refractivity contribution in [3.63, 3.8) is 0 Å². The van der Waals surface area contributed by atoms with Gasteiger partial charge in [-0.15, -0.1) is 0 Å². The molecule has 1 heterocycles. The molecule has 1 aromatic rings. The fourth-order valence-corrected chi connectivity index (χ4v) is 3.96. The van der Waals surface area contributed by atoms with Gasteiger partial charge < -0.3 is 4.74 Å². The van der Waals surface area contributed by atoms with Crippen LogP contribution < -0.4 is 9.04 Å². The molecule has 2 rings (SSSR count). The van der Waals surface area contributed by atoms with E-state index >= 15 is 0 Å². The number of fused-ring (bicyclic) bond motifs is 1. The molecule has 5 nitrogen and oxygen atoms in total. The van der Waals surface area contributed by atoms with Gasteiger partial charge in [0.15, 0.2) is 0 Å². The first-order chi connectivity index (χ1) is 9.37. The summed E-state index contributed by atoms with van der Waals surface area (Å²) in [5, 5.41) is 0. The lowest BCUT2D eigenvalue weighted by molar-refractivity contribution is 0.406. The fourth-order valence-electron chi connectivity index (χ4n) is 2.33. The van der Waals surface area contributed by atoms with E-state index in [1.807, 2.05) is 32.0 Å². The second kappa shape index (κ2) is 5.61. The first-order valence-electron chi connectivity index (χ1n) is 6.80. The number of hydrogen-bond acceptors (Lipinski definition) is 3. The van der Waals surface area contributed by atoms with E-state index in [9.17, 15) is 8.42 Å². The molecule has 0 atom stereocenters. The Labute approximate surface area is 121 Å². The summed E-state index contributed by atoms with van der Waals surface area (Å²) in [4.78, 5) is 0. The van der Waals surface area contributed by atoms with Gasteiger partial charge in [0.2, 0.25) is 0 Å². The maximum absolute atomic E-state index is 12.7. The quantitative estimate of drug-likeness (QED) is 0.854. The van der Waals surface area contributed by atoms with Gasteiger partial charge in [-0.2, -0.15) is 12.7 Å². The Morgan fingerprint density at radius 1 is 1.35 bits per heavy atom. The van der Waals surface area contributed by atoms with Crippen molar-refractivity contribution >= 4 is 15.9 Å². The standard InChI is InChI=1S/C14H22N2O3S/c1-11(2)15(3)20(17,18)16-9-5-6-12-10-13(19-4)7-8-14(12)16/h7-8,10-11H,5-6,9H2,1-4H3. The Bertz CT molecular complexity index is 584. The molecule has 0 amide bonds. The van der Waals surface area contributed by atoms with Crippen molar-refractivity contribution in [1.82, 2.24) is 4.31 Å². The van der Waals surface area contributed by atoms with Crippen LogP contribution in [0.2, 0.25) is 0 Å². The third-order valence-electron chi connectivity index (χ3n) is 3.73. The van der Waals surface area contributed by atoms with E-state index in [0.717, 1.165) is 29.8 Å². The van der Waals surface area contributed by atoms with Crippen LogP contribution in [0.1, 0.15) is 25.8 Å². The van der Waals surface area contributed by atoms with Gasteiger partial charge in [-0.05, 0) is 50.5 Å². The van der Waals surface area contributed by atoms with Crippen molar-refractivity contribution in [2.24, 2.45) is 0 Å². The average Bonchev–Trinajstić information content (AvgIpc) is 2.44. The number of methoxy groups -OCH3 is 1. The second-order valence-corrected chi connectivity index (χ2v) is 7.20. The molecule has 1 aromatic carbocycles. The zero-order chi connectivity index (χ0) is 14.9. The van der Waals surface area contributed by atoms with Crippen LogP contribution in [0.15, 0.2) is 18.2 Å². The summed E-state index contributed by atoms with van der Waals surface area (Å²) in [5.41, 5.74) is 1.79. The molecule has 0 bridgehead atoms. The van der Waals surface area contributed by atoms with E-state index in [0.29, 0.717) is 6.54 Å². The number of nitrogens with zero attached hydrogens (tertiary/aromatic N) is 2. The van der Waals surface area contributed by atoms with Gasteiger partial charge in [0.25, 0.3) is 0 Å². The Balaban J connectivity index is 2.43. The summed E-state index contributed by atoms with van der Waals surface area (Å²) in [6.45, 7) is 4.27. The Hall–Kier alpha value is -1.27. The molecule has 0 N–H and O–H groups in total. The van der Waals surface area contributed by atoms with E-state index in [-0.39, 0.29) is 6.04 Å². The SMILES string of the molecule is COc1ccc2c(c1)CCCN2S(=O)(=O)N(C)C(C)C. The molecular formula is C14H22N2O3S. The topological polar surface area (TPSA) is 49.9 Å². The molecule has 1 aliphatic rings. The lowest BCUT2D eigenvalue weighted by Gasteiger charge is -2.35. The monoisotopic (exact) mass is 298 g/mol. The highest BCUT2D eigenvalue weighted by molar-refractivity contribution is 7.90. The number of anilines is 1. The maximum Gasteiger partial charge on any atom is 0.304 e. The van der Waals surface area contributed by atoms with Crippen molar-refractivity contribution in [3.8, 4) is 5.75 Å². The summed E-state index contributed by atoms with van der Waals surface area (Å²) in [5.74, 6) is 0.764. The summed E-state index contributed by atoms with van der Waals surface area (Å²) in [7, 11) is -0.229. The minimum atomic E-state index is -3.47. The first kappa shape index (κ1) is 15.1. The van der Waals surface area contributed by atoms with Crippen LogP contribution in [-0.4, -0.2) is 39.5 Å². The molecule has 0 aromatic heterocycles. The van der Waals surface area contributed by atoms with Crippen molar-refractivity contribution in [1.29, 1.82) is 0 Å². The minimum absolute atomic E-state index is 0.0661. The fraction of sp³-hybridized carbons (Fsp3) is 0.571. The third kappa shape index (κ3) is 2.62. The maximum atomic E-state index is 12.7. The van der Waals surface area contributed by atoms with Crippen LogP contribution in [0.4, 0.5) is 5.69 Å². The van der Waals surface area contributed by atoms with Crippen LogP contribution in [0.25, 0.3) is 0 Å². The summed E-state index contributed by atoms with van der Waals surface area (Å²) < 4.78 is 33.5. The smallest absolute Gasteiger partial charge is 0.304 e. The van der Waals surface area contributed by atoms with Crippen molar-refractivity contribution in [2.75, 3.05) is 25.0 Å². The molecule has 0 saturated heterocycles. The van der Waals surface area contributed by atoms with Crippen molar-refractivity contribution in [3.05, 3.63) is 23.8 Å². The molecule has 0 aliphatic carbocycles. The van der Waals surface area contributed by atoms with Crippen LogP contribution in [-0.2, 0) is 16.6 Å². The summed E-state index contributed by atoms with van der Waals surface area (Å²) in [6, 6.07) is 5.50. The molecule has 0 spiro atoms. The predicted molar refractivity (Wildman–Crippen MR) is 80.5 cm³/mol. The van der Waals surface area contributed by atoms with Gasteiger partial charge in [0.1, 0.15) is 5.75 Å². The van der Waals surface area contributed by atoms with Gasteiger partial charge in [0, 0.05) is 19.6 Å². The van der Waals surface area contributed by atoms with Gasteiger partial charge in [0.05, 0.1) is 12.8 Å². The number of benzene rings is 1. The zero-order valence-electron chi connectivity index (χ0n) is 12.5. The molecule has 1 aliphatic heterocycles. The molecule has 20 heavy (non-hydrogen) atoms. The van der Waals surface area contributed by atoms with Crippen molar-refractivity contribution < 1.29 is 13.2 Å². The van der Waals surface area contributed by atoms with Gasteiger partial charge in [-0.3, -0.25) is 4.31 Å². The number of ether oxygens (including phenoxy) is 1. The lowest BCUT2D eigenvalue weighted by atomic mass is 10.0. The van der Waals surface area contributed by atoms with E-state index in [2.05, 4.69) is 0 Å². The van der Waals surface area contributed by atoms with Crippen LogP contribution in [0.5, 0.6) is 5.75 Å². The number of hydrogen-bond donors (Lipinski definition) is 0. The molecule has 0 unspecified atom stereocenters. The molecule has 0 fully saturated rings. The average molecular weight is 298 g/mol. The lowest BCUT2D eigenvalue weighted by Crippen LogP contribution is -2.46. The van der Waals surface area contributed by atoms with Crippen LogP contribution in [0, 0.1) is 0 Å². The highest BCUT2D eigenvalue weighted by atomic mass is 32.2. The third-order valence-corrected chi connectivity index (χ3v) is 5.82. The minimum Gasteiger partial charge on any atom is -0.497 e. The van der Waals surface area contributed by atoms with E-state index in [1.54, 1.807) is 14.2 Å². The largest absolute Gasteiger partial charge is 0.497 e. The second-order valence-electron chi connectivity index (χ2n) is 5.29. The van der Waals surface area contributed by atoms with E-state index < -0.39 is 10.2 Å². The molecule has 0 radical (unpaired) electrons. The molecule has 6 heteroatoms. The summed E-state index contributed by atoms with van der Waals surface area (Å²) in [6.07, 6.45) is 1.70. The van der Waals surface area contributed by atoms with Crippen LogP contribution in [0.3, 0.4) is 0 Å².